The first-order valence-corrected chi connectivity index (χ1v) is 14.1. The summed E-state index contributed by atoms with van der Waals surface area (Å²) < 4.78 is 55.5. The highest BCUT2D eigenvalue weighted by Gasteiger charge is 2.43. The molecular weight excluding hydrogens is 520 g/mol. The molecule has 1 aliphatic rings. The summed E-state index contributed by atoms with van der Waals surface area (Å²) in [7, 11) is -8.19. The van der Waals surface area contributed by atoms with Crippen LogP contribution in [0.25, 0.3) is 0 Å². The maximum absolute atomic E-state index is 13.5. The molecule has 1 aliphatic heterocycles. The van der Waals surface area contributed by atoms with Crippen LogP contribution in [0.2, 0.25) is 0 Å². The highest BCUT2D eigenvalue weighted by molar-refractivity contribution is 7.89. The van der Waals surface area contributed by atoms with Gasteiger partial charge in [0.05, 0.1) is 26.0 Å². The molecule has 1 amide bonds. The van der Waals surface area contributed by atoms with Gasteiger partial charge in [-0.25, -0.2) is 16.8 Å². The highest BCUT2D eigenvalue weighted by atomic mass is 32.2. The molecule has 1 heterocycles. The Hall–Kier alpha value is -3.65. The van der Waals surface area contributed by atoms with Crippen LogP contribution in [-0.4, -0.2) is 62.0 Å². The fourth-order valence-corrected chi connectivity index (χ4v) is 7.15. The summed E-state index contributed by atoms with van der Waals surface area (Å²) in [5.74, 6) is -0.809. The molecule has 0 aliphatic carbocycles. The molecular formula is C24H24N4O7S2. The summed E-state index contributed by atoms with van der Waals surface area (Å²) in [5.41, 5.74) is 0.0886. The SMILES string of the molecule is Cc1c(NC(=O)[C@@H]2CN(S(=O)(=O)c3ccccc3)CCN2S(=O)(=O)c2ccccc2)cccc1[N+](=O)[O-]. The van der Waals surface area contributed by atoms with Crippen molar-refractivity contribution in [3.63, 3.8) is 0 Å². The van der Waals surface area contributed by atoms with Gasteiger partial charge in [0.25, 0.3) is 5.69 Å². The number of carbonyl (C=O) groups excluding carboxylic acids is 1. The number of nitro groups is 1. The smallest absolute Gasteiger partial charge is 0.274 e. The predicted octanol–water partition coefficient (Wildman–Crippen LogP) is 2.61. The van der Waals surface area contributed by atoms with Crippen molar-refractivity contribution in [2.24, 2.45) is 0 Å². The third-order valence-electron chi connectivity index (χ3n) is 6.09. The minimum atomic E-state index is -4.17. The Balaban J connectivity index is 1.72. The van der Waals surface area contributed by atoms with Gasteiger partial charge < -0.3 is 5.32 Å². The summed E-state index contributed by atoms with van der Waals surface area (Å²) in [6.07, 6.45) is 0. The van der Waals surface area contributed by atoms with Crippen molar-refractivity contribution in [3.8, 4) is 0 Å². The number of piperazine rings is 1. The molecule has 11 nitrogen and oxygen atoms in total. The van der Waals surface area contributed by atoms with Crippen molar-refractivity contribution in [1.82, 2.24) is 8.61 Å². The molecule has 0 bridgehead atoms. The van der Waals surface area contributed by atoms with E-state index >= 15 is 0 Å². The lowest BCUT2D eigenvalue weighted by Crippen LogP contribution is -2.60. The lowest BCUT2D eigenvalue weighted by molar-refractivity contribution is -0.385. The van der Waals surface area contributed by atoms with Crippen LogP contribution in [0.3, 0.4) is 0 Å². The minimum absolute atomic E-state index is 0.0167. The van der Waals surface area contributed by atoms with Crippen LogP contribution in [0.15, 0.2) is 88.7 Å². The van der Waals surface area contributed by atoms with Crippen LogP contribution in [0.4, 0.5) is 11.4 Å². The maximum Gasteiger partial charge on any atom is 0.274 e. The largest absolute Gasteiger partial charge is 0.324 e. The number of carbonyl (C=O) groups is 1. The number of anilines is 1. The van der Waals surface area contributed by atoms with Gasteiger partial charge in [0.2, 0.25) is 26.0 Å². The maximum atomic E-state index is 13.5. The van der Waals surface area contributed by atoms with E-state index in [1.165, 1.54) is 49.4 Å². The minimum Gasteiger partial charge on any atom is -0.324 e. The van der Waals surface area contributed by atoms with E-state index in [0.29, 0.717) is 0 Å². The van der Waals surface area contributed by atoms with Crippen LogP contribution in [0.5, 0.6) is 0 Å². The van der Waals surface area contributed by atoms with Crippen LogP contribution >= 0.6 is 0 Å². The first-order chi connectivity index (χ1) is 17.5. The van der Waals surface area contributed by atoms with Gasteiger partial charge in [0.1, 0.15) is 6.04 Å². The van der Waals surface area contributed by atoms with Crippen molar-refractivity contribution in [2.45, 2.75) is 22.8 Å². The number of sulfonamides is 2. The van der Waals surface area contributed by atoms with E-state index in [2.05, 4.69) is 5.32 Å². The fourth-order valence-electron chi connectivity index (χ4n) is 4.10. The van der Waals surface area contributed by atoms with Crippen LogP contribution < -0.4 is 5.32 Å². The number of hydrogen-bond acceptors (Lipinski definition) is 7. The van der Waals surface area contributed by atoms with E-state index in [4.69, 9.17) is 0 Å². The molecule has 37 heavy (non-hydrogen) atoms. The standard InChI is InChI=1S/C24H24N4O7S2/c1-18-21(13-8-14-22(18)28(30)31)25-24(29)23-17-26(36(32,33)19-9-4-2-5-10-19)15-16-27(23)37(34,35)20-11-6-3-7-12-20/h2-14,23H,15-17H2,1H3,(H,25,29)/t23-/m0/s1. The Morgan fingerprint density at radius 3 is 2.00 bits per heavy atom. The zero-order chi connectivity index (χ0) is 26.8. The van der Waals surface area contributed by atoms with E-state index in [0.717, 1.165) is 8.61 Å². The molecule has 3 aromatic rings. The topological polar surface area (TPSA) is 147 Å². The van der Waals surface area contributed by atoms with E-state index in [-0.39, 0.29) is 39.8 Å². The van der Waals surface area contributed by atoms with Gasteiger partial charge in [-0.05, 0) is 37.3 Å². The Labute approximate surface area is 214 Å². The van der Waals surface area contributed by atoms with Crippen molar-refractivity contribution >= 4 is 37.3 Å². The van der Waals surface area contributed by atoms with E-state index < -0.39 is 43.5 Å². The normalized spacial score (nSPS) is 17.3. The summed E-state index contributed by atoms with van der Waals surface area (Å²) in [4.78, 5) is 24.2. The summed E-state index contributed by atoms with van der Waals surface area (Å²) in [6.45, 7) is 0.584. The fraction of sp³-hybridized carbons (Fsp3) is 0.208. The predicted molar refractivity (Wildman–Crippen MR) is 136 cm³/mol. The lowest BCUT2D eigenvalue weighted by atomic mass is 10.1. The van der Waals surface area contributed by atoms with Gasteiger partial charge in [-0.2, -0.15) is 8.61 Å². The molecule has 194 valence electrons. The molecule has 1 saturated heterocycles. The van der Waals surface area contributed by atoms with E-state index in [9.17, 15) is 31.7 Å². The molecule has 0 aromatic heterocycles. The number of benzene rings is 3. The Bertz CT molecular complexity index is 1530. The molecule has 1 N–H and O–H groups in total. The van der Waals surface area contributed by atoms with Gasteiger partial charge >= 0.3 is 0 Å². The third-order valence-corrected chi connectivity index (χ3v) is 9.89. The zero-order valence-electron chi connectivity index (χ0n) is 19.7. The van der Waals surface area contributed by atoms with E-state index in [1.54, 1.807) is 36.4 Å². The highest BCUT2D eigenvalue weighted by Crippen LogP contribution is 2.28. The molecule has 3 aromatic carbocycles. The van der Waals surface area contributed by atoms with Crippen molar-refractivity contribution in [1.29, 1.82) is 0 Å². The average Bonchev–Trinajstić information content (AvgIpc) is 2.90. The van der Waals surface area contributed by atoms with E-state index in [1.807, 2.05) is 0 Å². The Morgan fingerprint density at radius 1 is 0.865 bits per heavy atom. The van der Waals surface area contributed by atoms with Gasteiger partial charge in [-0.15, -0.1) is 0 Å². The molecule has 1 atom stereocenters. The van der Waals surface area contributed by atoms with Crippen LogP contribution in [0.1, 0.15) is 5.56 Å². The lowest BCUT2D eigenvalue weighted by Gasteiger charge is -2.39. The second kappa shape index (κ2) is 10.4. The molecule has 0 unspecified atom stereocenters. The number of hydrogen-bond donors (Lipinski definition) is 1. The number of nitrogens with zero attached hydrogens (tertiary/aromatic N) is 3. The molecule has 1 fully saturated rings. The summed E-state index contributed by atoms with van der Waals surface area (Å²) >= 11 is 0. The van der Waals surface area contributed by atoms with Crippen molar-refractivity contribution < 1.29 is 26.6 Å². The number of nitrogens with one attached hydrogen (secondary N) is 1. The summed E-state index contributed by atoms with van der Waals surface area (Å²) in [6, 6.07) is 17.9. The first kappa shape index (κ1) is 26.4. The Morgan fingerprint density at radius 2 is 1.43 bits per heavy atom. The number of rotatable bonds is 7. The second-order valence-corrected chi connectivity index (χ2v) is 12.1. The molecule has 4 rings (SSSR count). The van der Waals surface area contributed by atoms with Crippen molar-refractivity contribution in [3.05, 3.63) is 94.5 Å². The van der Waals surface area contributed by atoms with Gasteiger partial charge in [-0.1, -0.05) is 42.5 Å². The molecule has 0 spiro atoms. The quantitative estimate of drug-likeness (QED) is 0.355. The van der Waals surface area contributed by atoms with Gasteiger partial charge in [-0.3, -0.25) is 14.9 Å². The first-order valence-electron chi connectivity index (χ1n) is 11.2. The van der Waals surface area contributed by atoms with Crippen LogP contribution in [0, 0.1) is 17.0 Å². The van der Waals surface area contributed by atoms with Crippen molar-refractivity contribution in [2.75, 3.05) is 25.0 Å². The van der Waals surface area contributed by atoms with Gasteiger partial charge in [0.15, 0.2) is 0 Å². The third kappa shape index (κ3) is 5.25. The number of nitro benzene ring substituents is 1. The average molecular weight is 545 g/mol. The second-order valence-electron chi connectivity index (χ2n) is 8.32. The monoisotopic (exact) mass is 544 g/mol. The number of amides is 1. The molecule has 0 radical (unpaired) electrons. The molecule has 0 saturated carbocycles. The molecule has 13 heteroatoms. The zero-order valence-corrected chi connectivity index (χ0v) is 21.4. The Kier molecular flexibility index (Phi) is 7.41. The van der Waals surface area contributed by atoms with Gasteiger partial charge in [0, 0.05) is 25.7 Å². The summed E-state index contributed by atoms with van der Waals surface area (Å²) in [5, 5.41) is 13.9. The van der Waals surface area contributed by atoms with Crippen LogP contribution in [-0.2, 0) is 24.8 Å².